The maximum absolute atomic E-state index is 12.2. The van der Waals surface area contributed by atoms with Gasteiger partial charge in [-0.15, -0.1) is 0 Å². The second-order valence-corrected chi connectivity index (χ2v) is 5.49. The molecule has 1 unspecified atom stereocenters. The zero-order chi connectivity index (χ0) is 15.6. The van der Waals surface area contributed by atoms with Crippen molar-refractivity contribution in [2.24, 2.45) is 0 Å². The molecule has 0 aromatic heterocycles. The van der Waals surface area contributed by atoms with E-state index in [0.29, 0.717) is 17.8 Å². The lowest BCUT2D eigenvalue weighted by molar-refractivity contribution is -0.136. The Morgan fingerprint density at radius 1 is 1.43 bits per heavy atom. The molecule has 2 rings (SSSR count). The van der Waals surface area contributed by atoms with E-state index in [9.17, 15) is 9.59 Å². The predicted octanol–water partition coefficient (Wildman–Crippen LogP) is 2.98. The van der Waals surface area contributed by atoms with Crippen molar-refractivity contribution >= 4 is 27.9 Å². The molecule has 0 fully saturated rings. The van der Waals surface area contributed by atoms with Crippen LogP contribution in [0.5, 0.6) is 0 Å². The lowest BCUT2D eigenvalue weighted by Crippen LogP contribution is -2.47. The lowest BCUT2D eigenvalue weighted by Gasteiger charge is -2.35. The molecule has 2 amide bonds. The number of rotatable bonds is 3. The van der Waals surface area contributed by atoms with Crippen molar-refractivity contribution in [2.45, 2.75) is 19.9 Å². The van der Waals surface area contributed by atoms with Gasteiger partial charge in [0.2, 0.25) is 0 Å². The molecule has 0 radical (unpaired) electrons. The number of benzene rings is 1. The summed E-state index contributed by atoms with van der Waals surface area (Å²) in [6.45, 7) is 4.11. The van der Waals surface area contributed by atoms with Gasteiger partial charge in [-0.05, 0) is 25.5 Å². The largest absolute Gasteiger partial charge is 0.466 e. The van der Waals surface area contributed by atoms with E-state index in [1.165, 1.54) is 12.0 Å². The molecule has 1 aromatic rings. The van der Waals surface area contributed by atoms with Crippen LogP contribution in [0.3, 0.4) is 0 Å². The van der Waals surface area contributed by atoms with Crippen molar-refractivity contribution in [1.29, 1.82) is 0 Å². The second kappa shape index (κ2) is 6.30. The Balaban J connectivity index is 2.59. The van der Waals surface area contributed by atoms with Crippen LogP contribution in [0.25, 0.3) is 0 Å². The Bertz CT molecular complexity index is 613. The van der Waals surface area contributed by atoms with Gasteiger partial charge in [0.25, 0.3) is 0 Å². The standard InChI is InChI=1S/C15H17BrN2O3/c1-4-18-9(2)12(14(19)21-3)13(17-15(18)20)10-7-5-6-8-11(10)16/h5-8,13H,4H2,1-3H3,(H,17,20). The molecule has 112 valence electrons. The lowest BCUT2D eigenvalue weighted by atomic mass is 9.95. The molecule has 6 heteroatoms. The molecule has 21 heavy (non-hydrogen) atoms. The first kappa shape index (κ1) is 15.6. The molecule has 1 heterocycles. The van der Waals surface area contributed by atoms with Crippen molar-refractivity contribution < 1.29 is 14.3 Å². The van der Waals surface area contributed by atoms with Crippen LogP contribution >= 0.6 is 15.9 Å². The number of halogens is 1. The molecule has 5 nitrogen and oxygen atoms in total. The van der Waals surface area contributed by atoms with Crippen molar-refractivity contribution in [3.05, 3.63) is 45.6 Å². The van der Waals surface area contributed by atoms with Gasteiger partial charge in [-0.2, -0.15) is 0 Å². The first-order valence-electron chi connectivity index (χ1n) is 6.62. The summed E-state index contributed by atoms with van der Waals surface area (Å²) in [6, 6.07) is 6.74. The van der Waals surface area contributed by atoms with Crippen LogP contribution in [-0.2, 0) is 9.53 Å². The summed E-state index contributed by atoms with van der Waals surface area (Å²) in [5.41, 5.74) is 1.89. The Kier molecular flexibility index (Phi) is 4.67. The van der Waals surface area contributed by atoms with Crippen LogP contribution in [0.1, 0.15) is 25.5 Å². The van der Waals surface area contributed by atoms with E-state index in [4.69, 9.17) is 4.74 Å². The minimum atomic E-state index is -0.525. The van der Waals surface area contributed by atoms with Gasteiger partial charge in [0.05, 0.1) is 18.7 Å². The van der Waals surface area contributed by atoms with E-state index in [-0.39, 0.29) is 6.03 Å². The number of hydrogen-bond acceptors (Lipinski definition) is 3. The van der Waals surface area contributed by atoms with E-state index in [1.54, 1.807) is 6.92 Å². The second-order valence-electron chi connectivity index (χ2n) is 4.64. The zero-order valence-corrected chi connectivity index (χ0v) is 13.7. The fraction of sp³-hybridized carbons (Fsp3) is 0.333. The quantitative estimate of drug-likeness (QED) is 0.850. The van der Waals surface area contributed by atoms with Gasteiger partial charge in [-0.25, -0.2) is 9.59 Å². The minimum Gasteiger partial charge on any atom is -0.466 e. The van der Waals surface area contributed by atoms with E-state index in [2.05, 4.69) is 21.2 Å². The highest BCUT2D eigenvalue weighted by Crippen LogP contribution is 2.34. The van der Waals surface area contributed by atoms with Gasteiger partial charge in [-0.3, -0.25) is 4.90 Å². The summed E-state index contributed by atoms with van der Waals surface area (Å²) in [7, 11) is 1.34. The number of urea groups is 1. The van der Waals surface area contributed by atoms with Crippen LogP contribution in [0.2, 0.25) is 0 Å². The molecule has 1 atom stereocenters. The Labute approximate surface area is 132 Å². The monoisotopic (exact) mass is 352 g/mol. The van der Waals surface area contributed by atoms with Gasteiger partial charge < -0.3 is 10.1 Å². The molecule has 0 saturated heterocycles. The summed E-state index contributed by atoms with van der Waals surface area (Å²) in [4.78, 5) is 25.9. The summed E-state index contributed by atoms with van der Waals surface area (Å²) in [6.07, 6.45) is 0. The zero-order valence-electron chi connectivity index (χ0n) is 12.1. The molecule has 0 bridgehead atoms. The first-order valence-corrected chi connectivity index (χ1v) is 7.42. The number of carbonyl (C=O) groups is 2. The van der Waals surface area contributed by atoms with Gasteiger partial charge in [-0.1, -0.05) is 34.1 Å². The van der Waals surface area contributed by atoms with E-state index >= 15 is 0 Å². The fourth-order valence-electron chi connectivity index (χ4n) is 2.48. The maximum atomic E-state index is 12.2. The SMILES string of the molecule is CCN1C(=O)NC(c2ccccc2Br)C(C(=O)OC)=C1C. The van der Waals surface area contributed by atoms with Crippen molar-refractivity contribution in [2.75, 3.05) is 13.7 Å². The molecule has 0 saturated carbocycles. The molecular formula is C15H17BrN2O3. The van der Waals surface area contributed by atoms with Crippen molar-refractivity contribution in [1.82, 2.24) is 10.2 Å². The van der Waals surface area contributed by atoms with Crippen molar-refractivity contribution in [3.63, 3.8) is 0 Å². The number of ether oxygens (including phenoxy) is 1. The number of nitrogens with zero attached hydrogens (tertiary/aromatic N) is 1. The van der Waals surface area contributed by atoms with Gasteiger partial charge >= 0.3 is 12.0 Å². The summed E-state index contributed by atoms with van der Waals surface area (Å²) in [5, 5.41) is 2.87. The third-order valence-corrected chi connectivity index (χ3v) is 4.26. The van der Waals surface area contributed by atoms with E-state index < -0.39 is 12.0 Å². The molecule has 1 aliphatic rings. The fourth-order valence-corrected chi connectivity index (χ4v) is 2.99. The highest BCUT2D eigenvalue weighted by atomic mass is 79.9. The van der Waals surface area contributed by atoms with E-state index in [0.717, 1.165) is 10.0 Å². The Hall–Kier alpha value is -1.82. The molecule has 1 aromatic carbocycles. The molecular weight excluding hydrogens is 336 g/mol. The minimum absolute atomic E-state index is 0.219. The van der Waals surface area contributed by atoms with Gasteiger partial charge in [0.1, 0.15) is 0 Å². The smallest absolute Gasteiger partial charge is 0.337 e. The van der Waals surface area contributed by atoms with Crippen LogP contribution in [0.4, 0.5) is 4.79 Å². The molecule has 1 N–H and O–H groups in total. The Morgan fingerprint density at radius 2 is 2.10 bits per heavy atom. The molecule has 1 aliphatic heterocycles. The first-order chi connectivity index (χ1) is 10.0. The third kappa shape index (κ3) is 2.81. The van der Waals surface area contributed by atoms with Crippen LogP contribution in [-0.4, -0.2) is 30.6 Å². The average molecular weight is 353 g/mol. The normalized spacial score (nSPS) is 18.6. The van der Waals surface area contributed by atoms with Crippen molar-refractivity contribution in [3.8, 4) is 0 Å². The summed E-state index contributed by atoms with van der Waals surface area (Å²) >= 11 is 3.46. The number of carbonyl (C=O) groups excluding carboxylic acids is 2. The highest BCUT2D eigenvalue weighted by Gasteiger charge is 2.36. The topological polar surface area (TPSA) is 58.6 Å². The number of methoxy groups -OCH3 is 1. The van der Waals surface area contributed by atoms with Crippen LogP contribution in [0, 0.1) is 0 Å². The number of hydrogen-bond donors (Lipinski definition) is 1. The van der Waals surface area contributed by atoms with Gasteiger partial charge in [0, 0.05) is 16.7 Å². The van der Waals surface area contributed by atoms with Crippen LogP contribution < -0.4 is 5.32 Å². The Morgan fingerprint density at radius 3 is 2.67 bits per heavy atom. The summed E-state index contributed by atoms with van der Waals surface area (Å²) < 4.78 is 5.72. The average Bonchev–Trinajstić information content (AvgIpc) is 2.47. The number of amides is 2. The van der Waals surface area contributed by atoms with Gasteiger partial charge in [0.15, 0.2) is 0 Å². The predicted molar refractivity (Wildman–Crippen MR) is 82.5 cm³/mol. The molecule has 0 spiro atoms. The van der Waals surface area contributed by atoms with E-state index in [1.807, 2.05) is 31.2 Å². The van der Waals surface area contributed by atoms with Crippen LogP contribution in [0.15, 0.2) is 40.0 Å². The number of esters is 1. The third-order valence-electron chi connectivity index (χ3n) is 3.53. The maximum Gasteiger partial charge on any atom is 0.337 e. The highest BCUT2D eigenvalue weighted by molar-refractivity contribution is 9.10. The molecule has 0 aliphatic carbocycles. The number of nitrogens with one attached hydrogen (secondary N) is 1. The summed E-state index contributed by atoms with van der Waals surface area (Å²) in [5.74, 6) is -0.438. The number of allylic oxidation sites excluding steroid dienone is 1.